The molecular weight excluding hydrogens is 316 g/mol. The molecule has 0 heterocycles. The van der Waals surface area contributed by atoms with Crippen LogP contribution in [-0.4, -0.2) is 24.0 Å². The number of rotatable bonds is 9. The van der Waals surface area contributed by atoms with Crippen LogP contribution >= 0.6 is 11.8 Å². The topological polar surface area (TPSA) is 32.3 Å². The number of amides is 2. The van der Waals surface area contributed by atoms with Gasteiger partial charge in [-0.05, 0) is 43.2 Å². The third-order valence-electron chi connectivity index (χ3n) is 3.47. The van der Waals surface area contributed by atoms with E-state index in [-0.39, 0.29) is 6.03 Å². The van der Waals surface area contributed by atoms with E-state index < -0.39 is 0 Å². The highest BCUT2D eigenvalue weighted by molar-refractivity contribution is 8.03. The predicted molar refractivity (Wildman–Crippen MR) is 107 cm³/mol. The third kappa shape index (κ3) is 6.83. The molecule has 0 aliphatic heterocycles. The Bertz CT molecular complexity index is 561. The van der Waals surface area contributed by atoms with E-state index in [9.17, 15) is 4.79 Å². The Balaban J connectivity index is 2.91. The minimum absolute atomic E-state index is 0.0118. The summed E-state index contributed by atoms with van der Waals surface area (Å²) in [7, 11) is 0. The number of benzene rings is 1. The van der Waals surface area contributed by atoms with Gasteiger partial charge in [0.1, 0.15) is 0 Å². The van der Waals surface area contributed by atoms with Crippen molar-refractivity contribution in [2.45, 2.75) is 51.9 Å². The summed E-state index contributed by atoms with van der Waals surface area (Å²) in [5.74, 6) is 0. The van der Waals surface area contributed by atoms with Crippen LogP contribution in [0.4, 0.5) is 10.5 Å². The Hall–Kier alpha value is -1.68. The summed E-state index contributed by atoms with van der Waals surface area (Å²) in [5.41, 5.74) is 0.879. The first-order valence-electron chi connectivity index (χ1n) is 8.80. The molecule has 1 N–H and O–H groups in total. The molecule has 2 amide bonds. The van der Waals surface area contributed by atoms with Gasteiger partial charge >= 0.3 is 6.03 Å². The summed E-state index contributed by atoms with van der Waals surface area (Å²) >= 11 is 1.71. The van der Waals surface area contributed by atoms with Gasteiger partial charge in [-0.1, -0.05) is 62.9 Å². The molecule has 0 atom stereocenters. The zero-order valence-electron chi connectivity index (χ0n) is 15.3. The lowest BCUT2D eigenvalue weighted by molar-refractivity contribution is 0.211. The molecule has 0 aliphatic rings. The molecule has 3 nitrogen and oxygen atoms in total. The van der Waals surface area contributed by atoms with Crippen molar-refractivity contribution in [3.63, 3.8) is 0 Å². The molecule has 1 aromatic rings. The van der Waals surface area contributed by atoms with Gasteiger partial charge in [0.05, 0.1) is 5.69 Å². The maximum atomic E-state index is 12.6. The van der Waals surface area contributed by atoms with Gasteiger partial charge < -0.3 is 10.2 Å². The summed E-state index contributed by atoms with van der Waals surface area (Å²) in [6.07, 6.45) is 9.11. The van der Waals surface area contributed by atoms with Crippen LogP contribution in [0.25, 0.3) is 0 Å². The number of carbonyl (C=O) groups is 1. The van der Waals surface area contributed by atoms with Crippen molar-refractivity contribution in [1.82, 2.24) is 4.90 Å². The lowest BCUT2D eigenvalue weighted by atomic mass is 10.3. The van der Waals surface area contributed by atoms with Crippen molar-refractivity contribution in [3.8, 4) is 0 Å². The zero-order valence-corrected chi connectivity index (χ0v) is 16.2. The molecule has 1 rings (SSSR count). The van der Waals surface area contributed by atoms with Crippen molar-refractivity contribution in [2.24, 2.45) is 0 Å². The van der Waals surface area contributed by atoms with Crippen molar-refractivity contribution in [3.05, 3.63) is 47.4 Å². The van der Waals surface area contributed by atoms with Gasteiger partial charge in [-0.25, -0.2) is 4.79 Å². The van der Waals surface area contributed by atoms with Crippen molar-refractivity contribution in [1.29, 1.82) is 0 Å². The highest BCUT2D eigenvalue weighted by Gasteiger charge is 2.14. The lowest BCUT2D eigenvalue weighted by Gasteiger charge is -2.22. The largest absolute Gasteiger partial charge is 0.325 e. The molecule has 24 heavy (non-hydrogen) atoms. The van der Waals surface area contributed by atoms with E-state index in [1.54, 1.807) is 11.8 Å². The maximum Gasteiger partial charge on any atom is 0.321 e. The van der Waals surface area contributed by atoms with Gasteiger partial charge in [0.15, 0.2) is 0 Å². The number of carbonyl (C=O) groups excluding carboxylic acids is 1. The summed E-state index contributed by atoms with van der Waals surface area (Å²) in [5, 5.41) is 3.09. The third-order valence-corrected chi connectivity index (χ3v) is 4.73. The number of thioether (sulfide) groups is 1. The molecule has 1 aromatic carbocycles. The Morgan fingerprint density at radius 1 is 1.17 bits per heavy atom. The summed E-state index contributed by atoms with van der Waals surface area (Å²) in [4.78, 5) is 16.8. The van der Waals surface area contributed by atoms with Gasteiger partial charge in [0.25, 0.3) is 0 Å². The fourth-order valence-corrected chi connectivity index (χ4v) is 3.23. The number of urea groups is 1. The molecular formula is C20H30N2OS. The average Bonchev–Trinajstić information content (AvgIpc) is 2.59. The summed E-state index contributed by atoms with van der Waals surface area (Å²) in [6.45, 7) is 9.93. The highest BCUT2D eigenvalue weighted by Crippen LogP contribution is 2.34. The van der Waals surface area contributed by atoms with Gasteiger partial charge in [-0.3, -0.25) is 0 Å². The van der Waals surface area contributed by atoms with Crippen LogP contribution < -0.4 is 5.32 Å². The average molecular weight is 347 g/mol. The van der Waals surface area contributed by atoms with Crippen LogP contribution in [-0.2, 0) is 0 Å². The highest BCUT2D eigenvalue weighted by atomic mass is 32.2. The van der Waals surface area contributed by atoms with E-state index >= 15 is 0 Å². The lowest BCUT2D eigenvalue weighted by Crippen LogP contribution is -2.36. The molecule has 0 aromatic heterocycles. The van der Waals surface area contributed by atoms with E-state index in [1.807, 2.05) is 36.1 Å². The second-order valence-electron chi connectivity index (χ2n) is 5.53. The van der Waals surface area contributed by atoms with E-state index in [4.69, 9.17) is 0 Å². The van der Waals surface area contributed by atoms with E-state index in [0.29, 0.717) is 0 Å². The second kappa shape index (κ2) is 11.8. The molecule has 4 heteroatoms. The van der Waals surface area contributed by atoms with Crippen molar-refractivity contribution < 1.29 is 4.79 Å². The van der Waals surface area contributed by atoms with Crippen LogP contribution in [0, 0.1) is 0 Å². The van der Waals surface area contributed by atoms with Gasteiger partial charge in [-0.15, -0.1) is 0 Å². The molecule has 0 unspecified atom stereocenters. The number of anilines is 1. The fraction of sp³-hybridized carbons (Fsp3) is 0.450. The van der Waals surface area contributed by atoms with Crippen LogP contribution in [0.15, 0.2) is 52.3 Å². The molecule has 0 saturated heterocycles. The smallest absolute Gasteiger partial charge is 0.321 e. The standard InChI is InChI=1S/C20H30N2OS/c1-5-9-12-17(8-4)24-19-14-11-10-13-18(19)21-20(23)22(15-6-2)16-7-3/h5,9-14H,6-8,15-16H2,1-4H3,(H,21,23)/b9-5-,17-12+. The van der Waals surface area contributed by atoms with E-state index in [2.05, 4.69) is 44.3 Å². The van der Waals surface area contributed by atoms with Crippen LogP contribution in [0.2, 0.25) is 0 Å². The first-order valence-corrected chi connectivity index (χ1v) is 9.62. The van der Waals surface area contributed by atoms with Crippen molar-refractivity contribution >= 4 is 23.5 Å². The first-order chi connectivity index (χ1) is 11.7. The van der Waals surface area contributed by atoms with Gasteiger partial charge in [0.2, 0.25) is 0 Å². The van der Waals surface area contributed by atoms with E-state index in [0.717, 1.165) is 42.9 Å². The number of allylic oxidation sites excluding steroid dienone is 4. The minimum Gasteiger partial charge on any atom is -0.325 e. The summed E-state index contributed by atoms with van der Waals surface area (Å²) < 4.78 is 0. The van der Waals surface area contributed by atoms with Gasteiger partial charge in [0, 0.05) is 18.0 Å². The Morgan fingerprint density at radius 3 is 2.42 bits per heavy atom. The molecule has 0 aliphatic carbocycles. The van der Waals surface area contributed by atoms with Crippen LogP contribution in [0.3, 0.4) is 0 Å². The number of hydrogen-bond acceptors (Lipinski definition) is 2. The fourth-order valence-electron chi connectivity index (χ4n) is 2.28. The Morgan fingerprint density at radius 2 is 1.83 bits per heavy atom. The molecule has 132 valence electrons. The second-order valence-corrected chi connectivity index (χ2v) is 6.70. The van der Waals surface area contributed by atoms with Gasteiger partial charge in [-0.2, -0.15) is 0 Å². The number of hydrogen-bond donors (Lipinski definition) is 1. The molecule has 0 bridgehead atoms. The molecule has 0 radical (unpaired) electrons. The first kappa shape index (κ1) is 20.4. The summed E-state index contributed by atoms with van der Waals surface area (Å²) in [6, 6.07) is 7.99. The minimum atomic E-state index is -0.0118. The monoisotopic (exact) mass is 346 g/mol. The molecule has 0 fully saturated rings. The Labute approximate surface area is 151 Å². The predicted octanol–water partition coefficient (Wildman–Crippen LogP) is 6.30. The number of nitrogens with one attached hydrogen (secondary N) is 1. The maximum absolute atomic E-state index is 12.6. The van der Waals surface area contributed by atoms with Crippen LogP contribution in [0.1, 0.15) is 47.0 Å². The van der Waals surface area contributed by atoms with E-state index in [1.165, 1.54) is 4.91 Å². The zero-order chi connectivity index (χ0) is 17.8. The quantitative estimate of drug-likeness (QED) is 0.420. The SMILES string of the molecule is C/C=C\C=C(/CC)Sc1ccccc1NC(=O)N(CCC)CCC. The molecule has 0 saturated carbocycles. The van der Waals surface area contributed by atoms with Crippen LogP contribution in [0.5, 0.6) is 0 Å². The normalized spacial score (nSPS) is 11.8. The molecule has 0 spiro atoms. The number of nitrogens with zero attached hydrogens (tertiary/aromatic N) is 1. The number of para-hydroxylation sites is 1. The van der Waals surface area contributed by atoms with Crippen molar-refractivity contribution in [2.75, 3.05) is 18.4 Å². The Kier molecular flexibility index (Phi) is 10.0.